The number of hydrogen-bond acceptors (Lipinski definition) is 6. The maximum atomic E-state index is 12.8. The van der Waals surface area contributed by atoms with Crippen molar-refractivity contribution in [3.63, 3.8) is 0 Å². The lowest BCUT2D eigenvalue weighted by Crippen LogP contribution is -2.21. The summed E-state index contributed by atoms with van der Waals surface area (Å²) in [6.07, 6.45) is -3.76. The van der Waals surface area contributed by atoms with Crippen molar-refractivity contribution in [2.45, 2.75) is 31.5 Å². The van der Waals surface area contributed by atoms with Gasteiger partial charge in [-0.3, -0.25) is 4.72 Å². The SMILES string of the molecule is Cc1ccc(C)c(S(=O)(=O)Nc2cnc(N(C)Cc3ccccc3)c(C(=O)O)c2)c1.O=C(O)C(F)(F)F. The topological polar surface area (TPSA) is 137 Å². The summed E-state index contributed by atoms with van der Waals surface area (Å²) >= 11 is 0. The van der Waals surface area contributed by atoms with Crippen LogP contribution >= 0.6 is 0 Å². The fraction of sp³-hybridized carbons (Fsp3) is 0.208. The molecule has 37 heavy (non-hydrogen) atoms. The van der Waals surface area contributed by atoms with Gasteiger partial charge in [0, 0.05) is 13.6 Å². The first-order chi connectivity index (χ1) is 17.1. The third-order valence-corrected chi connectivity index (χ3v) is 6.37. The number of hydrogen-bond donors (Lipinski definition) is 3. The van der Waals surface area contributed by atoms with Crippen molar-refractivity contribution in [1.82, 2.24) is 4.98 Å². The van der Waals surface area contributed by atoms with Gasteiger partial charge in [0.1, 0.15) is 11.4 Å². The van der Waals surface area contributed by atoms with Gasteiger partial charge in [-0.2, -0.15) is 13.2 Å². The summed E-state index contributed by atoms with van der Waals surface area (Å²) in [5, 5.41) is 16.8. The zero-order valence-electron chi connectivity index (χ0n) is 19.9. The Hall–Kier alpha value is -4.13. The van der Waals surface area contributed by atoms with Crippen molar-refractivity contribution in [2.24, 2.45) is 0 Å². The molecule has 0 aliphatic heterocycles. The van der Waals surface area contributed by atoms with Crippen molar-refractivity contribution in [3.05, 3.63) is 83.0 Å². The number of carbonyl (C=O) groups is 2. The standard InChI is InChI=1S/C22H23N3O4S.C2HF3O2/c1-15-9-10-16(2)20(11-15)30(28,29)24-18-12-19(22(26)27)21(23-13-18)25(3)14-17-7-5-4-6-8-17;3-2(4,5)1(6)7/h4-13,24H,14H2,1-3H3,(H,26,27);(H,6,7). The van der Waals surface area contributed by atoms with Crippen molar-refractivity contribution in [2.75, 3.05) is 16.7 Å². The summed E-state index contributed by atoms with van der Waals surface area (Å²) in [4.78, 5) is 26.8. The Kier molecular flexibility index (Phi) is 9.23. The number of aliphatic carboxylic acids is 1. The van der Waals surface area contributed by atoms with E-state index in [1.165, 1.54) is 12.3 Å². The second-order valence-corrected chi connectivity index (χ2v) is 9.57. The molecule has 3 rings (SSSR count). The van der Waals surface area contributed by atoms with Gasteiger partial charge in [0.05, 0.1) is 16.8 Å². The van der Waals surface area contributed by atoms with Gasteiger partial charge >= 0.3 is 18.1 Å². The Morgan fingerprint density at radius 1 is 1.03 bits per heavy atom. The monoisotopic (exact) mass is 539 g/mol. The number of anilines is 2. The largest absolute Gasteiger partial charge is 0.490 e. The smallest absolute Gasteiger partial charge is 0.478 e. The molecule has 13 heteroatoms. The van der Waals surface area contributed by atoms with Crippen LogP contribution in [0, 0.1) is 13.8 Å². The molecular formula is C24H24F3N3O6S. The number of rotatable bonds is 7. The third-order valence-electron chi connectivity index (χ3n) is 4.85. The van der Waals surface area contributed by atoms with E-state index in [0.29, 0.717) is 12.1 Å². The predicted octanol–water partition coefficient (Wildman–Crippen LogP) is 4.47. The van der Waals surface area contributed by atoms with Gasteiger partial charge in [-0.25, -0.2) is 23.0 Å². The van der Waals surface area contributed by atoms with E-state index in [9.17, 15) is 31.5 Å². The second-order valence-electron chi connectivity index (χ2n) is 7.92. The number of carboxylic acids is 2. The van der Waals surface area contributed by atoms with Gasteiger partial charge in [0.25, 0.3) is 10.0 Å². The number of nitrogens with zero attached hydrogens (tertiary/aromatic N) is 2. The lowest BCUT2D eigenvalue weighted by atomic mass is 10.2. The highest BCUT2D eigenvalue weighted by Crippen LogP contribution is 2.25. The van der Waals surface area contributed by atoms with E-state index >= 15 is 0 Å². The van der Waals surface area contributed by atoms with E-state index in [1.54, 1.807) is 37.9 Å². The molecule has 0 bridgehead atoms. The molecule has 0 fully saturated rings. The Balaban J connectivity index is 0.000000604. The van der Waals surface area contributed by atoms with Crippen LogP contribution in [0.1, 0.15) is 27.0 Å². The van der Waals surface area contributed by atoms with Crippen LogP contribution in [0.15, 0.2) is 65.7 Å². The van der Waals surface area contributed by atoms with Gasteiger partial charge in [-0.15, -0.1) is 0 Å². The Labute approximate surface area is 211 Å². The number of carboxylic acid groups (broad SMARTS) is 2. The average molecular weight is 540 g/mol. The molecule has 1 aromatic heterocycles. The zero-order valence-corrected chi connectivity index (χ0v) is 20.8. The first kappa shape index (κ1) is 29.1. The normalized spacial score (nSPS) is 11.2. The van der Waals surface area contributed by atoms with Crippen LogP contribution in [0.2, 0.25) is 0 Å². The molecule has 0 aliphatic rings. The number of aromatic carboxylic acids is 1. The fourth-order valence-electron chi connectivity index (χ4n) is 3.11. The number of pyridine rings is 1. The summed E-state index contributed by atoms with van der Waals surface area (Å²) in [5.41, 5.74) is 2.40. The Morgan fingerprint density at radius 2 is 1.62 bits per heavy atom. The lowest BCUT2D eigenvalue weighted by Gasteiger charge is -2.21. The molecule has 0 radical (unpaired) electrons. The lowest BCUT2D eigenvalue weighted by molar-refractivity contribution is -0.192. The van der Waals surface area contributed by atoms with Crippen LogP contribution < -0.4 is 9.62 Å². The van der Waals surface area contributed by atoms with Gasteiger partial charge in [0.15, 0.2) is 0 Å². The maximum absolute atomic E-state index is 12.8. The Bertz CT molecular complexity index is 1380. The summed E-state index contributed by atoms with van der Waals surface area (Å²) in [7, 11) is -2.15. The van der Waals surface area contributed by atoms with Crippen LogP contribution in [0.4, 0.5) is 24.7 Å². The van der Waals surface area contributed by atoms with Crippen LogP contribution in [0.25, 0.3) is 0 Å². The minimum Gasteiger partial charge on any atom is -0.478 e. The number of halogens is 3. The van der Waals surface area contributed by atoms with E-state index in [0.717, 1.165) is 11.1 Å². The predicted molar refractivity (Wildman–Crippen MR) is 130 cm³/mol. The van der Waals surface area contributed by atoms with E-state index in [-0.39, 0.29) is 22.0 Å². The molecule has 198 valence electrons. The number of benzene rings is 2. The molecule has 3 aromatic rings. The number of aromatic nitrogens is 1. The molecule has 2 aromatic carbocycles. The molecule has 0 amide bonds. The van der Waals surface area contributed by atoms with Crippen LogP contribution in [0.5, 0.6) is 0 Å². The Morgan fingerprint density at radius 3 is 2.16 bits per heavy atom. The summed E-state index contributed by atoms with van der Waals surface area (Å²) < 4.78 is 59.8. The van der Waals surface area contributed by atoms with E-state index in [2.05, 4.69) is 9.71 Å². The second kappa shape index (κ2) is 11.7. The third kappa shape index (κ3) is 8.20. The molecule has 3 N–H and O–H groups in total. The van der Waals surface area contributed by atoms with Crippen molar-refractivity contribution in [3.8, 4) is 0 Å². The summed E-state index contributed by atoms with van der Waals surface area (Å²) in [6, 6.07) is 16.0. The van der Waals surface area contributed by atoms with Crippen LogP contribution in [0.3, 0.4) is 0 Å². The molecule has 9 nitrogen and oxygen atoms in total. The van der Waals surface area contributed by atoms with Gasteiger partial charge in [-0.05, 0) is 42.7 Å². The fourth-order valence-corrected chi connectivity index (χ4v) is 4.48. The van der Waals surface area contributed by atoms with Gasteiger partial charge in [0.2, 0.25) is 0 Å². The highest BCUT2D eigenvalue weighted by Gasteiger charge is 2.38. The molecule has 0 spiro atoms. The van der Waals surface area contributed by atoms with E-state index < -0.39 is 28.1 Å². The van der Waals surface area contributed by atoms with Gasteiger partial charge < -0.3 is 15.1 Å². The first-order valence-corrected chi connectivity index (χ1v) is 12.0. The molecule has 1 heterocycles. The van der Waals surface area contributed by atoms with Crippen LogP contribution in [-0.4, -0.2) is 48.8 Å². The van der Waals surface area contributed by atoms with Crippen molar-refractivity contribution in [1.29, 1.82) is 0 Å². The number of sulfonamides is 1. The molecular weight excluding hydrogens is 515 g/mol. The van der Waals surface area contributed by atoms with E-state index in [1.807, 2.05) is 36.4 Å². The highest BCUT2D eigenvalue weighted by molar-refractivity contribution is 7.92. The van der Waals surface area contributed by atoms with Gasteiger partial charge in [-0.1, -0.05) is 42.5 Å². The van der Waals surface area contributed by atoms with Crippen LogP contribution in [-0.2, 0) is 21.4 Å². The molecule has 0 atom stereocenters. The minimum absolute atomic E-state index is 0.0881. The summed E-state index contributed by atoms with van der Waals surface area (Å²) in [6.45, 7) is 3.97. The molecule has 0 saturated carbocycles. The molecule has 0 aliphatic carbocycles. The van der Waals surface area contributed by atoms with Crippen molar-refractivity contribution < 1.29 is 41.4 Å². The maximum Gasteiger partial charge on any atom is 0.490 e. The average Bonchev–Trinajstić information content (AvgIpc) is 2.80. The number of alkyl halides is 3. The first-order valence-electron chi connectivity index (χ1n) is 10.5. The number of aryl methyl sites for hydroxylation is 2. The highest BCUT2D eigenvalue weighted by atomic mass is 32.2. The minimum atomic E-state index is -5.08. The number of nitrogens with one attached hydrogen (secondary N) is 1. The molecule has 0 unspecified atom stereocenters. The summed E-state index contributed by atoms with van der Waals surface area (Å²) in [5.74, 6) is -3.70. The quantitative estimate of drug-likeness (QED) is 0.400. The zero-order chi connectivity index (χ0) is 28.0. The van der Waals surface area contributed by atoms with Crippen molar-refractivity contribution >= 4 is 33.5 Å². The van der Waals surface area contributed by atoms with E-state index in [4.69, 9.17) is 9.90 Å². The molecule has 0 saturated heterocycles.